The first-order valence-electron chi connectivity index (χ1n) is 9.58. The molecule has 0 radical (unpaired) electrons. The van der Waals surface area contributed by atoms with Gasteiger partial charge in [0.1, 0.15) is 11.6 Å². The van der Waals surface area contributed by atoms with Gasteiger partial charge in [-0.3, -0.25) is 4.99 Å². The molecule has 4 heteroatoms. The van der Waals surface area contributed by atoms with E-state index in [2.05, 4.69) is 35.6 Å². The van der Waals surface area contributed by atoms with E-state index in [0.717, 1.165) is 41.3 Å². The van der Waals surface area contributed by atoms with Crippen LogP contribution in [0.4, 0.5) is 10.2 Å². The van der Waals surface area contributed by atoms with Crippen LogP contribution in [0.25, 0.3) is 11.1 Å². The summed E-state index contributed by atoms with van der Waals surface area (Å²) in [6, 6.07) is 7.66. The largest absolute Gasteiger partial charge is 0.354 e. The minimum absolute atomic E-state index is 0.0398. The number of rotatable bonds is 6. The van der Waals surface area contributed by atoms with Crippen molar-refractivity contribution in [1.29, 1.82) is 0 Å². The summed E-state index contributed by atoms with van der Waals surface area (Å²) in [4.78, 5) is 11.1. The third-order valence-corrected chi connectivity index (χ3v) is 4.42. The summed E-state index contributed by atoms with van der Waals surface area (Å²) in [5.74, 6) is 0.760. The lowest BCUT2D eigenvalue weighted by Crippen LogP contribution is -2.25. The second-order valence-corrected chi connectivity index (χ2v) is 8.45. The van der Waals surface area contributed by atoms with Crippen molar-refractivity contribution in [3.63, 3.8) is 0 Å². The molecule has 1 aromatic heterocycles. The van der Waals surface area contributed by atoms with Crippen molar-refractivity contribution >= 4 is 11.5 Å². The molecule has 0 amide bonds. The summed E-state index contributed by atoms with van der Waals surface area (Å²) < 4.78 is 15.1. The molecule has 2 rings (SSSR count). The summed E-state index contributed by atoms with van der Waals surface area (Å²) in [5, 5.41) is 0. The highest BCUT2D eigenvalue weighted by molar-refractivity contribution is 5.86. The maximum absolute atomic E-state index is 15.1. The molecule has 3 nitrogen and oxygen atoms in total. The SMILES string of the molecule is CC/N=C(/C)CN(C)c1ncc(-c2cccc(CC(C)(C)C)c2F)cc1C. The van der Waals surface area contributed by atoms with Crippen LogP contribution in [0.1, 0.15) is 45.7 Å². The maximum atomic E-state index is 15.1. The van der Waals surface area contributed by atoms with Crippen molar-refractivity contribution in [2.45, 2.75) is 48.0 Å². The van der Waals surface area contributed by atoms with E-state index in [1.54, 1.807) is 6.20 Å². The van der Waals surface area contributed by atoms with Gasteiger partial charge in [0.2, 0.25) is 0 Å². The van der Waals surface area contributed by atoms with E-state index in [0.29, 0.717) is 12.0 Å². The molecule has 0 aliphatic carbocycles. The van der Waals surface area contributed by atoms with E-state index in [1.807, 2.05) is 52.1 Å². The van der Waals surface area contributed by atoms with Crippen LogP contribution in [0.2, 0.25) is 0 Å². The molecular weight excluding hydrogens is 337 g/mol. The Kier molecular flexibility index (Phi) is 6.74. The van der Waals surface area contributed by atoms with E-state index < -0.39 is 0 Å². The molecule has 146 valence electrons. The van der Waals surface area contributed by atoms with Gasteiger partial charge in [0.05, 0.1) is 6.54 Å². The number of nitrogens with zero attached hydrogens (tertiary/aromatic N) is 3. The maximum Gasteiger partial charge on any atom is 0.134 e. The molecule has 0 saturated carbocycles. The lowest BCUT2D eigenvalue weighted by molar-refractivity contribution is 0.402. The highest BCUT2D eigenvalue weighted by Crippen LogP contribution is 2.30. The van der Waals surface area contributed by atoms with Crippen LogP contribution in [0.15, 0.2) is 35.5 Å². The first-order valence-corrected chi connectivity index (χ1v) is 9.58. The van der Waals surface area contributed by atoms with Crippen molar-refractivity contribution in [3.8, 4) is 11.1 Å². The Balaban J connectivity index is 2.33. The molecule has 0 fully saturated rings. The van der Waals surface area contributed by atoms with Gasteiger partial charge >= 0.3 is 0 Å². The molecule has 0 saturated heterocycles. The van der Waals surface area contributed by atoms with Crippen LogP contribution in [-0.4, -0.2) is 30.8 Å². The second kappa shape index (κ2) is 8.64. The molecule has 1 aromatic carbocycles. The van der Waals surface area contributed by atoms with Gasteiger partial charge in [0, 0.05) is 36.6 Å². The number of aliphatic imine (C=N–C) groups is 1. The third kappa shape index (κ3) is 5.62. The van der Waals surface area contributed by atoms with E-state index in [1.165, 1.54) is 0 Å². The van der Waals surface area contributed by atoms with Gasteiger partial charge in [-0.25, -0.2) is 9.37 Å². The number of anilines is 1. The normalized spacial score (nSPS) is 12.4. The van der Waals surface area contributed by atoms with Crippen molar-refractivity contribution in [3.05, 3.63) is 47.4 Å². The molecule has 0 aliphatic rings. The summed E-state index contributed by atoms with van der Waals surface area (Å²) >= 11 is 0. The zero-order valence-corrected chi connectivity index (χ0v) is 17.7. The Morgan fingerprint density at radius 1 is 1.26 bits per heavy atom. The minimum atomic E-state index is -0.138. The van der Waals surface area contributed by atoms with Crippen molar-refractivity contribution in [1.82, 2.24) is 4.98 Å². The average Bonchev–Trinajstić information content (AvgIpc) is 2.55. The van der Waals surface area contributed by atoms with Gasteiger partial charge in [0.25, 0.3) is 0 Å². The van der Waals surface area contributed by atoms with Crippen LogP contribution in [-0.2, 0) is 6.42 Å². The first-order chi connectivity index (χ1) is 12.6. The number of hydrogen-bond donors (Lipinski definition) is 0. The average molecular weight is 370 g/mol. The Morgan fingerprint density at radius 2 is 1.96 bits per heavy atom. The molecule has 0 spiro atoms. The Labute approximate surface area is 163 Å². The Morgan fingerprint density at radius 3 is 2.56 bits per heavy atom. The molecular formula is C23H32FN3. The number of benzene rings is 1. The molecule has 0 N–H and O–H groups in total. The van der Waals surface area contributed by atoms with E-state index in [9.17, 15) is 0 Å². The molecule has 27 heavy (non-hydrogen) atoms. The topological polar surface area (TPSA) is 28.5 Å². The van der Waals surface area contributed by atoms with Gasteiger partial charge in [-0.1, -0.05) is 39.0 Å². The summed E-state index contributed by atoms with van der Waals surface area (Å²) in [6.45, 7) is 14.0. The van der Waals surface area contributed by atoms with E-state index >= 15 is 4.39 Å². The first kappa shape index (κ1) is 21.1. The quantitative estimate of drug-likeness (QED) is 0.611. The molecule has 0 atom stereocenters. The smallest absolute Gasteiger partial charge is 0.134 e. The lowest BCUT2D eigenvalue weighted by atomic mass is 9.87. The highest BCUT2D eigenvalue weighted by atomic mass is 19.1. The molecule has 0 bridgehead atoms. The van der Waals surface area contributed by atoms with E-state index in [-0.39, 0.29) is 11.2 Å². The van der Waals surface area contributed by atoms with E-state index in [4.69, 9.17) is 0 Å². The molecule has 0 aliphatic heterocycles. The summed E-state index contributed by atoms with van der Waals surface area (Å²) in [5.41, 5.74) is 4.33. The molecule has 2 aromatic rings. The molecule has 0 unspecified atom stereocenters. The predicted octanol–water partition coefficient (Wildman–Crippen LogP) is 5.70. The van der Waals surface area contributed by atoms with Crippen LogP contribution in [0.3, 0.4) is 0 Å². The number of hydrogen-bond acceptors (Lipinski definition) is 3. The Bertz CT molecular complexity index is 819. The van der Waals surface area contributed by atoms with Crippen molar-refractivity contribution < 1.29 is 4.39 Å². The third-order valence-electron chi connectivity index (χ3n) is 4.42. The predicted molar refractivity (Wildman–Crippen MR) is 114 cm³/mol. The highest BCUT2D eigenvalue weighted by Gasteiger charge is 2.18. The fourth-order valence-electron chi connectivity index (χ4n) is 3.36. The monoisotopic (exact) mass is 369 g/mol. The molecule has 1 heterocycles. The van der Waals surface area contributed by atoms with Crippen LogP contribution < -0.4 is 4.90 Å². The van der Waals surface area contributed by atoms with Crippen LogP contribution in [0.5, 0.6) is 0 Å². The Hall–Kier alpha value is -2.23. The number of halogens is 1. The minimum Gasteiger partial charge on any atom is -0.354 e. The number of aromatic nitrogens is 1. The summed E-state index contributed by atoms with van der Waals surface area (Å²) in [6.07, 6.45) is 2.47. The van der Waals surface area contributed by atoms with Gasteiger partial charge in [-0.2, -0.15) is 0 Å². The fourth-order valence-corrected chi connectivity index (χ4v) is 3.36. The lowest BCUT2D eigenvalue weighted by Gasteiger charge is -2.21. The van der Waals surface area contributed by atoms with Crippen molar-refractivity contribution in [2.24, 2.45) is 10.4 Å². The van der Waals surface area contributed by atoms with Crippen LogP contribution >= 0.6 is 0 Å². The van der Waals surface area contributed by atoms with Gasteiger partial charge in [-0.15, -0.1) is 0 Å². The van der Waals surface area contributed by atoms with Gasteiger partial charge in [-0.05, 0) is 49.8 Å². The van der Waals surface area contributed by atoms with Crippen molar-refractivity contribution in [2.75, 3.05) is 25.0 Å². The van der Waals surface area contributed by atoms with Crippen LogP contribution in [0, 0.1) is 18.2 Å². The number of pyridine rings is 1. The standard InChI is InChI=1S/C23H32FN3/c1-8-25-17(3)15-27(7)22-16(2)12-19(14-26-22)20-11-9-10-18(21(20)24)13-23(4,5)6/h9-12,14H,8,13,15H2,1-7H3/b25-17-. The van der Waals surface area contributed by atoms with Gasteiger partial charge in [0.15, 0.2) is 0 Å². The zero-order chi connectivity index (χ0) is 20.2. The zero-order valence-electron chi connectivity index (χ0n) is 17.7. The fraction of sp³-hybridized carbons (Fsp3) is 0.478. The summed E-state index contributed by atoms with van der Waals surface area (Å²) in [7, 11) is 2.01. The van der Waals surface area contributed by atoms with Gasteiger partial charge < -0.3 is 4.90 Å². The second-order valence-electron chi connectivity index (χ2n) is 8.45. The number of aryl methyl sites for hydroxylation is 1.